The average Bonchev–Trinajstić information content (AvgIpc) is 1.99. The average molecular weight is 231 g/mol. The highest BCUT2D eigenvalue weighted by molar-refractivity contribution is 4.93. The Bertz CT molecular complexity index is 215. The molecule has 3 N–H and O–H groups in total. The minimum atomic E-state index is -0.697. The lowest BCUT2D eigenvalue weighted by molar-refractivity contribution is -0.0915. The lowest BCUT2D eigenvalue weighted by Crippen LogP contribution is -2.52. The van der Waals surface area contributed by atoms with E-state index in [9.17, 15) is 5.11 Å². The van der Waals surface area contributed by atoms with Crippen LogP contribution in [0.4, 0.5) is 0 Å². The molecular formula is C13H29NO2. The number of aliphatic hydroxyl groups is 2. The van der Waals surface area contributed by atoms with Gasteiger partial charge in [0.25, 0.3) is 0 Å². The van der Waals surface area contributed by atoms with Crippen LogP contribution in [-0.2, 0) is 0 Å². The topological polar surface area (TPSA) is 52.5 Å². The van der Waals surface area contributed by atoms with Gasteiger partial charge >= 0.3 is 0 Å². The van der Waals surface area contributed by atoms with E-state index in [4.69, 9.17) is 5.11 Å². The molecule has 0 aromatic carbocycles. The molecule has 0 spiro atoms. The Kier molecular flexibility index (Phi) is 4.99. The van der Waals surface area contributed by atoms with Gasteiger partial charge in [-0.25, -0.2) is 0 Å². The molecule has 0 aromatic heterocycles. The molecule has 0 fully saturated rings. The molecule has 16 heavy (non-hydrogen) atoms. The van der Waals surface area contributed by atoms with Crippen molar-refractivity contribution in [2.75, 3.05) is 6.73 Å². The summed E-state index contributed by atoms with van der Waals surface area (Å²) in [5.41, 5.74) is -0.185. The lowest BCUT2D eigenvalue weighted by Gasteiger charge is -2.48. The van der Waals surface area contributed by atoms with Gasteiger partial charge in [-0.3, -0.25) is 5.32 Å². The first-order chi connectivity index (χ1) is 6.94. The molecule has 98 valence electrons. The first-order valence-corrected chi connectivity index (χ1v) is 5.96. The molecule has 0 bridgehead atoms. The third kappa shape index (κ3) is 4.04. The highest BCUT2D eigenvalue weighted by Gasteiger charge is 2.45. The van der Waals surface area contributed by atoms with E-state index < -0.39 is 6.23 Å². The number of hydrogen-bond acceptors (Lipinski definition) is 3. The maximum Gasteiger partial charge on any atom is 0.112 e. The Labute approximate surface area is 100 Å². The third-order valence-electron chi connectivity index (χ3n) is 3.50. The van der Waals surface area contributed by atoms with Crippen molar-refractivity contribution in [2.45, 2.75) is 61.1 Å². The first-order valence-electron chi connectivity index (χ1n) is 5.96. The van der Waals surface area contributed by atoms with Crippen LogP contribution in [-0.4, -0.2) is 23.2 Å². The number of aliphatic hydroxyl groups excluding tert-OH is 2. The standard InChI is InChI=1S/C13H29NO2/c1-11(2,3)8-13(7,12(4,5)6)10(16)14-9-15/h10,14-16H,8-9H2,1-7H3. The summed E-state index contributed by atoms with van der Waals surface area (Å²) in [7, 11) is 0. The SMILES string of the molecule is CC(C)(C)CC(C)(C(O)NCO)C(C)(C)C. The van der Waals surface area contributed by atoms with Gasteiger partial charge in [0.05, 0.1) is 6.73 Å². The van der Waals surface area contributed by atoms with Gasteiger partial charge in [-0.1, -0.05) is 48.5 Å². The minimum Gasteiger partial charge on any atom is -0.381 e. The zero-order valence-corrected chi connectivity index (χ0v) is 11.9. The molecule has 0 heterocycles. The van der Waals surface area contributed by atoms with Crippen LogP contribution in [0.15, 0.2) is 0 Å². The molecule has 3 heteroatoms. The van der Waals surface area contributed by atoms with Crippen LogP contribution in [0.3, 0.4) is 0 Å². The molecule has 2 atom stereocenters. The number of nitrogens with one attached hydrogen (secondary N) is 1. The Morgan fingerprint density at radius 1 is 1.00 bits per heavy atom. The Hall–Kier alpha value is -0.120. The molecule has 0 saturated heterocycles. The van der Waals surface area contributed by atoms with Crippen molar-refractivity contribution in [3.05, 3.63) is 0 Å². The van der Waals surface area contributed by atoms with E-state index in [1.807, 2.05) is 0 Å². The highest BCUT2D eigenvalue weighted by Crippen LogP contribution is 2.48. The molecule has 3 nitrogen and oxygen atoms in total. The van der Waals surface area contributed by atoms with Gasteiger partial charge in [-0.15, -0.1) is 0 Å². The van der Waals surface area contributed by atoms with Gasteiger partial charge in [-0.2, -0.15) is 0 Å². The predicted molar refractivity (Wildman–Crippen MR) is 67.9 cm³/mol. The molecule has 0 radical (unpaired) electrons. The first kappa shape index (κ1) is 15.9. The van der Waals surface area contributed by atoms with Crippen LogP contribution in [0, 0.1) is 16.2 Å². The summed E-state index contributed by atoms with van der Waals surface area (Å²) in [4.78, 5) is 0. The summed E-state index contributed by atoms with van der Waals surface area (Å²) in [5.74, 6) is 0. The molecule has 0 rings (SSSR count). The smallest absolute Gasteiger partial charge is 0.112 e. The van der Waals surface area contributed by atoms with E-state index >= 15 is 0 Å². The van der Waals surface area contributed by atoms with E-state index in [1.54, 1.807) is 0 Å². The minimum absolute atomic E-state index is 0.0398. The van der Waals surface area contributed by atoms with E-state index in [1.165, 1.54) is 0 Å². The number of rotatable bonds is 4. The lowest BCUT2D eigenvalue weighted by atomic mass is 9.60. The molecule has 0 aliphatic carbocycles. The van der Waals surface area contributed by atoms with Crippen molar-refractivity contribution in [1.29, 1.82) is 0 Å². The van der Waals surface area contributed by atoms with Crippen LogP contribution >= 0.6 is 0 Å². The molecule has 0 aliphatic heterocycles. The molecule has 0 amide bonds. The van der Waals surface area contributed by atoms with Gasteiger partial charge in [0.1, 0.15) is 6.23 Å². The van der Waals surface area contributed by atoms with Gasteiger partial charge in [0.2, 0.25) is 0 Å². The van der Waals surface area contributed by atoms with Crippen molar-refractivity contribution in [3.8, 4) is 0 Å². The summed E-state index contributed by atoms with van der Waals surface area (Å²) in [6, 6.07) is 0. The fraction of sp³-hybridized carbons (Fsp3) is 1.00. The van der Waals surface area contributed by atoms with Gasteiger partial charge < -0.3 is 10.2 Å². The normalized spacial score (nSPS) is 19.3. The van der Waals surface area contributed by atoms with Crippen LogP contribution < -0.4 is 5.32 Å². The van der Waals surface area contributed by atoms with E-state index in [2.05, 4.69) is 53.8 Å². The second-order valence-electron chi connectivity index (χ2n) is 7.17. The Morgan fingerprint density at radius 2 is 1.44 bits per heavy atom. The number of hydrogen-bond donors (Lipinski definition) is 3. The fourth-order valence-electron chi connectivity index (χ4n) is 2.19. The fourth-order valence-corrected chi connectivity index (χ4v) is 2.19. The molecule has 0 aromatic rings. The van der Waals surface area contributed by atoms with Crippen molar-refractivity contribution in [1.82, 2.24) is 5.32 Å². The zero-order chi connectivity index (χ0) is 13.2. The van der Waals surface area contributed by atoms with Crippen molar-refractivity contribution >= 4 is 0 Å². The highest BCUT2D eigenvalue weighted by atomic mass is 16.3. The summed E-state index contributed by atoms with van der Waals surface area (Å²) >= 11 is 0. The Morgan fingerprint density at radius 3 is 1.69 bits per heavy atom. The van der Waals surface area contributed by atoms with Crippen LogP contribution in [0.5, 0.6) is 0 Å². The van der Waals surface area contributed by atoms with Gasteiger partial charge in [-0.05, 0) is 17.3 Å². The molecule has 2 unspecified atom stereocenters. The zero-order valence-electron chi connectivity index (χ0n) is 11.9. The summed E-state index contributed by atoms with van der Waals surface area (Å²) in [6.45, 7) is 14.8. The summed E-state index contributed by atoms with van der Waals surface area (Å²) in [5, 5.41) is 21.8. The largest absolute Gasteiger partial charge is 0.381 e. The van der Waals surface area contributed by atoms with E-state index in [0.29, 0.717) is 0 Å². The monoisotopic (exact) mass is 231 g/mol. The Balaban J connectivity index is 5.05. The second kappa shape index (κ2) is 5.03. The maximum absolute atomic E-state index is 10.2. The second-order valence-corrected chi connectivity index (χ2v) is 7.17. The molecule has 0 saturated carbocycles. The predicted octanol–water partition coefficient (Wildman–Crippen LogP) is 2.33. The maximum atomic E-state index is 10.2. The third-order valence-corrected chi connectivity index (χ3v) is 3.50. The van der Waals surface area contributed by atoms with E-state index in [-0.39, 0.29) is 23.0 Å². The van der Waals surface area contributed by atoms with Crippen molar-refractivity contribution < 1.29 is 10.2 Å². The summed E-state index contributed by atoms with van der Waals surface area (Å²) in [6.07, 6.45) is 0.189. The summed E-state index contributed by atoms with van der Waals surface area (Å²) < 4.78 is 0. The van der Waals surface area contributed by atoms with E-state index in [0.717, 1.165) is 6.42 Å². The van der Waals surface area contributed by atoms with Gasteiger partial charge in [0.15, 0.2) is 0 Å². The molecular weight excluding hydrogens is 202 g/mol. The van der Waals surface area contributed by atoms with Crippen molar-refractivity contribution in [3.63, 3.8) is 0 Å². The van der Waals surface area contributed by atoms with Crippen LogP contribution in [0.1, 0.15) is 54.9 Å². The quantitative estimate of drug-likeness (QED) is 0.651. The van der Waals surface area contributed by atoms with Crippen LogP contribution in [0.2, 0.25) is 0 Å². The van der Waals surface area contributed by atoms with Crippen LogP contribution in [0.25, 0.3) is 0 Å². The van der Waals surface area contributed by atoms with Crippen molar-refractivity contribution in [2.24, 2.45) is 16.2 Å². The van der Waals surface area contributed by atoms with Gasteiger partial charge in [0, 0.05) is 5.41 Å². The molecule has 0 aliphatic rings.